The maximum Gasteiger partial charge on any atom is 0.234 e. The van der Waals surface area contributed by atoms with Gasteiger partial charge in [-0.3, -0.25) is 9.88 Å². The molecule has 3 aromatic rings. The molecule has 0 radical (unpaired) electrons. The highest BCUT2D eigenvalue weighted by atomic mass is 16.6. The van der Waals surface area contributed by atoms with E-state index >= 15 is 0 Å². The number of nitrogens with zero attached hydrogens (tertiary/aromatic N) is 4. The standard InChI is InChI=1S/C20H26N6O7/c1-32-12-4-2-3-11(15(12)29)7-21-18-14-19(23-9-22-18)26(10-24-14)20(25-5-6-27)17(31)16(30)13(8-28)33-20/h2-4,9-10,13,16-17,25,27-31H,5-8H2,1H3,(H,21,22,23)/t13-,16-,17-,20?/m1/s1. The van der Waals surface area contributed by atoms with Crippen LogP contribution in [0.3, 0.4) is 0 Å². The minimum absolute atomic E-state index is 0.00185. The van der Waals surface area contributed by atoms with Crippen LogP contribution in [-0.2, 0) is 17.1 Å². The zero-order chi connectivity index (χ0) is 23.6. The molecule has 13 nitrogen and oxygen atoms in total. The van der Waals surface area contributed by atoms with Crippen LogP contribution in [0.2, 0.25) is 0 Å². The molecule has 0 spiro atoms. The van der Waals surface area contributed by atoms with Crippen molar-refractivity contribution in [2.45, 2.75) is 30.7 Å². The molecule has 178 valence electrons. The van der Waals surface area contributed by atoms with Crippen LogP contribution < -0.4 is 15.4 Å². The molecule has 1 aliphatic heterocycles. The molecule has 1 fully saturated rings. The molecule has 3 heterocycles. The second-order valence-corrected chi connectivity index (χ2v) is 7.45. The molecule has 0 aliphatic carbocycles. The Kier molecular flexibility index (Phi) is 6.60. The normalized spacial score (nSPS) is 24.9. The number of aliphatic hydroxyl groups is 4. The number of phenols is 1. The van der Waals surface area contributed by atoms with Gasteiger partial charge in [-0.25, -0.2) is 15.0 Å². The molecular formula is C20H26N6O7. The number of fused-ring (bicyclic) bond motifs is 1. The van der Waals surface area contributed by atoms with Crippen LogP contribution in [0.15, 0.2) is 30.9 Å². The smallest absolute Gasteiger partial charge is 0.234 e. The third-order valence-corrected chi connectivity index (χ3v) is 5.55. The van der Waals surface area contributed by atoms with E-state index in [-0.39, 0.29) is 31.1 Å². The number of rotatable bonds is 9. The van der Waals surface area contributed by atoms with Crippen LogP contribution in [0.1, 0.15) is 5.56 Å². The summed E-state index contributed by atoms with van der Waals surface area (Å²) in [5.74, 6) is -1.04. The van der Waals surface area contributed by atoms with Crippen molar-refractivity contribution in [3.63, 3.8) is 0 Å². The lowest BCUT2D eigenvalue weighted by atomic mass is 10.1. The van der Waals surface area contributed by atoms with Crippen LogP contribution in [0.25, 0.3) is 11.2 Å². The van der Waals surface area contributed by atoms with Crippen LogP contribution in [0, 0.1) is 0 Å². The van der Waals surface area contributed by atoms with Gasteiger partial charge < -0.3 is 40.3 Å². The Morgan fingerprint density at radius 1 is 1.21 bits per heavy atom. The SMILES string of the molecule is COc1cccc(CNc2ncnc3c2ncn3C2(NCCO)O[C@H](CO)[C@@H](O)[C@H]2O)c1O. The first-order chi connectivity index (χ1) is 16.0. The van der Waals surface area contributed by atoms with Gasteiger partial charge in [-0.05, 0) is 6.07 Å². The van der Waals surface area contributed by atoms with Crippen molar-refractivity contribution < 1.29 is 35.0 Å². The minimum atomic E-state index is -1.74. The Hall–Kier alpha value is -3.07. The van der Waals surface area contributed by atoms with Crippen molar-refractivity contribution in [1.82, 2.24) is 24.8 Å². The van der Waals surface area contributed by atoms with E-state index in [9.17, 15) is 25.5 Å². The van der Waals surface area contributed by atoms with Crippen LogP contribution >= 0.6 is 0 Å². The van der Waals surface area contributed by atoms with E-state index in [0.717, 1.165) is 0 Å². The average molecular weight is 462 g/mol. The van der Waals surface area contributed by atoms with Gasteiger partial charge in [0.15, 0.2) is 28.5 Å². The number of ether oxygens (including phenoxy) is 2. The largest absolute Gasteiger partial charge is 0.504 e. The monoisotopic (exact) mass is 462 g/mol. The summed E-state index contributed by atoms with van der Waals surface area (Å²) in [6.07, 6.45) is -1.32. The number of aromatic hydroxyl groups is 1. The molecule has 13 heteroatoms. The molecule has 0 bridgehead atoms. The van der Waals surface area contributed by atoms with Crippen molar-refractivity contribution >= 4 is 17.0 Å². The van der Waals surface area contributed by atoms with E-state index in [1.807, 2.05) is 0 Å². The quantitative estimate of drug-likeness (QED) is 0.194. The summed E-state index contributed by atoms with van der Waals surface area (Å²) in [5, 5.41) is 56.3. The fraction of sp³-hybridized carbons (Fsp3) is 0.450. The third kappa shape index (κ3) is 3.94. The molecule has 4 atom stereocenters. The molecule has 4 rings (SSSR count). The maximum atomic E-state index is 10.8. The summed E-state index contributed by atoms with van der Waals surface area (Å²) >= 11 is 0. The summed E-state index contributed by atoms with van der Waals surface area (Å²) in [4.78, 5) is 12.8. The number of benzene rings is 1. The van der Waals surface area contributed by atoms with Crippen molar-refractivity contribution in [3.8, 4) is 11.5 Å². The van der Waals surface area contributed by atoms with E-state index in [4.69, 9.17) is 9.47 Å². The summed E-state index contributed by atoms with van der Waals surface area (Å²) in [6, 6.07) is 5.12. The zero-order valence-electron chi connectivity index (χ0n) is 17.8. The van der Waals surface area contributed by atoms with Crippen molar-refractivity contribution in [3.05, 3.63) is 36.4 Å². The van der Waals surface area contributed by atoms with E-state index in [0.29, 0.717) is 22.6 Å². The number of phenolic OH excluding ortho intramolecular Hbond substituents is 1. The lowest BCUT2D eigenvalue weighted by molar-refractivity contribution is -0.168. The number of methoxy groups -OCH3 is 1. The van der Waals surface area contributed by atoms with Gasteiger partial charge in [0.05, 0.1) is 20.3 Å². The van der Waals surface area contributed by atoms with E-state index < -0.39 is 30.8 Å². The van der Waals surface area contributed by atoms with Gasteiger partial charge in [0.1, 0.15) is 31.0 Å². The summed E-state index contributed by atoms with van der Waals surface area (Å²) in [7, 11) is 1.46. The van der Waals surface area contributed by atoms with Crippen LogP contribution in [0.5, 0.6) is 11.5 Å². The fourth-order valence-corrected chi connectivity index (χ4v) is 3.88. The number of hydrogen-bond donors (Lipinski definition) is 7. The lowest BCUT2D eigenvalue weighted by Crippen LogP contribution is -2.56. The molecule has 1 unspecified atom stereocenters. The Morgan fingerprint density at radius 2 is 2.03 bits per heavy atom. The first-order valence-corrected chi connectivity index (χ1v) is 10.2. The Balaban J connectivity index is 1.69. The van der Waals surface area contributed by atoms with Crippen molar-refractivity contribution in [2.75, 3.05) is 32.2 Å². The highest BCUT2D eigenvalue weighted by molar-refractivity contribution is 5.82. The van der Waals surface area contributed by atoms with Crippen LogP contribution in [0.4, 0.5) is 5.82 Å². The Morgan fingerprint density at radius 3 is 2.73 bits per heavy atom. The summed E-state index contributed by atoms with van der Waals surface area (Å²) in [5.41, 5.74) is 1.17. The van der Waals surface area contributed by atoms with Crippen LogP contribution in [-0.4, -0.2) is 90.2 Å². The first kappa shape index (κ1) is 23.1. The molecule has 1 saturated heterocycles. The number of aliphatic hydroxyl groups excluding tert-OH is 4. The van der Waals surface area contributed by atoms with Crippen molar-refractivity contribution in [2.24, 2.45) is 0 Å². The summed E-state index contributed by atoms with van der Waals surface area (Å²) < 4.78 is 12.3. The number of aromatic nitrogens is 4. The molecule has 33 heavy (non-hydrogen) atoms. The fourth-order valence-electron chi connectivity index (χ4n) is 3.88. The van der Waals surface area contributed by atoms with Gasteiger partial charge in [0.2, 0.25) is 5.85 Å². The van der Waals surface area contributed by atoms with Gasteiger partial charge in [-0.1, -0.05) is 12.1 Å². The van der Waals surface area contributed by atoms with Gasteiger partial charge in [0, 0.05) is 18.7 Å². The van der Waals surface area contributed by atoms with Gasteiger partial charge in [-0.2, -0.15) is 0 Å². The molecule has 1 aromatic carbocycles. The molecular weight excluding hydrogens is 436 g/mol. The van der Waals surface area contributed by atoms with E-state index in [1.165, 1.54) is 24.3 Å². The Bertz CT molecular complexity index is 1110. The third-order valence-electron chi connectivity index (χ3n) is 5.55. The molecule has 2 aromatic heterocycles. The number of imidazole rings is 1. The minimum Gasteiger partial charge on any atom is -0.504 e. The van der Waals surface area contributed by atoms with Gasteiger partial charge in [0.25, 0.3) is 0 Å². The molecule has 0 amide bonds. The van der Waals surface area contributed by atoms with E-state index in [1.54, 1.807) is 18.2 Å². The molecule has 7 N–H and O–H groups in total. The second kappa shape index (κ2) is 9.43. The number of hydrogen-bond acceptors (Lipinski definition) is 12. The van der Waals surface area contributed by atoms with Gasteiger partial charge >= 0.3 is 0 Å². The highest BCUT2D eigenvalue weighted by Crippen LogP contribution is 2.36. The number of para-hydroxylation sites is 1. The average Bonchev–Trinajstić information content (AvgIpc) is 3.38. The predicted molar refractivity (Wildman–Crippen MR) is 114 cm³/mol. The lowest BCUT2D eigenvalue weighted by Gasteiger charge is -2.34. The molecule has 1 aliphatic rings. The molecule has 0 saturated carbocycles. The highest BCUT2D eigenvalue weighted by Gasteiger charge is 2.56. The zero-order valence-corrected chi connectivity index (χ0v) is 17.8. The second-order valence-electron chi connectivity index (χ2n) is 7.45. The predicted octanol–water partition coefficient (Wildman–Crippen LogP) is -1.54. The Labute approximate surface area is 188 Å². The first-order valence-electron chi connectivity index (χ1n) is 10.2. The number of anilines is 1. The topological polar surface area (TPSA) is 187 Å². The van der Waals surface area contributed by atoms with Gasteiger partial charge in [-0.15, -0.1) is 0 Å². The summed E-state index contributed by atoms with van der Waals surface area (Å²) in [6.45, 7) is -0.567. The van der Waals surface area contributed by atoms with E-state index in [2.05, 4.69) is 25.6 Å². The van der Waals surface area contributed by atoms with Crippen molar-refractivity contribution in [1.29, 1.82) is 0 Å². The number of nitrogens with one attached hydrogen (secondary N) is 2. The maximum absolute atomic E-state index is 10.8.